The molecule has 2 N–H and O–H groups in total. The van der Waals surface area contributed by atoms with Gasteiger partial charge < -0.3 is 10.6 Å². The predicted molar refractivity (Wildman–Crippen MR) is 80.9 cm³/mol. The van der Waals surface area contributed by atoms with Crippen LogP contribution in [0.4, 0.5) is 0 Å². The first kappa shape index (κ1) is 14.7. The summed E-state index contributed by atoms with van der Waals surface area (Å²) in [4.78, 5) is 15.4. The van der Waals surface area contributed by atoms with E-state index in [2.05, 4.69) is 6.92 Å². The summed E-state index contributed by atoms with van der Waals surface area (Å²) >= 11 is 7.75. The highest BCUT2D eigenvalue weighted by molar-refractivity contribution is 7.98. The van der Waals surface area contributed by atoms with Crippen LogP contribution in [0.25, 0.3) is 0 Å². The molecule has 3 nitrogen and oxygen atoms in total. The molecule has 104 valence electrons. The van der Waals surface area contributed by atoms with Crippen LogP contribution in [-0.4, -0.2) is 36.2 Å². The first-order valence-corrected chi connectivity index (χ1v) is 8.01. The van der Waals surface area contributed by atoms with E-state index in [1.807, 2.05) is 23.3 Å². The van der Waals surface area contributed by atoms with Crippen molar-refractivity contribution < 1.29 is 4.79 Å². The predicted octanol–water partition coefficient (Wildman–Crippen LogP) is 2.87. The van der Waals surface area contributed by atoms with E-state index in [1.54, 1.807) is 17.8 Å². The zero-order chi connectivity index (χ0) is 14.0. The van der Waals surface area contributed by atoms with E-state index < -0.39 is 0 Å². The molecular weight excluding hydrogens is 280 g/mol. The van der Waals surface area contributed by atoms with Crippen molar-refractivity contribution in [3.63, 3.8) is 0 Å². The van der Waals surface area contributed by atoms with E-state index >= 15 is 0 Å². The molecule has 1 amide bonds. The molecule has 1 heterocycles. The number of piperidine rings is 1. The number of likely N-dealkylation sites (tertiary alicyclic amines) is 1. The summed E-state index contributed by atoms with van der Waals surface area (Å²) in [6, 6.07) is 5.63. The molecule has 5 heteroatoms. The zero-order valence-corrected chi connectivity index (χ0v) is 12.8. The lowest BCUT2D eigenvalue weighted by Gasteiger charge is -2.35. The van der Waals surface area contributed by atoms with Gasteiger partial charge in [0, 0.05) is 24.0 Å². The van der Waals surface area contributed by atoms with Gasteiger partial charge in [0.05, 0.1) is 10.6 Å². The summed E-state index contributed by atoms with van der Waals surface area (Å²) in [6.45, 7) is 3.50. The average molecular weight is 299 g/mol. The van der Waals surface area contributed by atoms with E-state index in [0.29, 0.717) is 23.0 Å². The molecule has 1 aromatic rings. The van der Waals surface area contributed by atoms with Crippen molar-refractivity contribution in [2.45, 2.75) is 24.3 Å². The van der Waals surface area contributed by atoms with Crippen LogP contribution in [0, 0.1) is 5.92 Å². The van der Waals surface area contributed by atoms with Crippen molar-refractivity contribution in [1.82, 2.24) is 4.90 Å². The van der Waals surface area contributed by atoms with E-state index in [-0.39, 0.29) is 11.9 Å². The Bertz CT molecular complexity index is 481. The van der Waals surface area contributed by atoms with E-state index in [0.717, 1.165) is 17.9 Å². The summed E-state index contributed by atoms with van der Waals surface area (Å²) in [5, 5.41) is 0.509. The van der Waals surface area contributed by atoms with E-state index in [9.17, 15) is 4.79 Å². The van der Waals surface area contributed by atoms with Gasteiger partial charge >= 0.3 is 0 Å². The van der Waals surface area contributed by atoms with Crippen LogP contribution in [0.15, 0.2) is 23.1 Å². The largest absolute Gasteiger partial charge is 0.337 e. The molecule has 2 rings (SSSR count). The summed E-state index contributed by atoms with van der Waals surface area (Å²) in [5.74, 6) is 0.459. The average Bonchev–Trinajstić information content (AvgIpc) is 2.41. The van der Waals surface area contributed by atoms with Gasteiger partial charge in [-0.1, -0.05) is 18.5 Å². The van der Waals surface area contributed by atoms with Crippen LogP contribution in [0.1, 0.15) is 23.7 Å². The fourth-order valence-electron chi connectivity index (χ4n) is 2.25. The lowest BCUT2D eigenvalue weighted by atomic mass is 9.94. The Labute approximate surface area is 123 Å². The summed E-state index contributed by atoms with van der Waals surface area (Å²) in [6.07, 6.45) is 2.93. The number of carbonyl (C=O) groups is 1. The van der Waals surface area contributed by atoms with Crippen molar-refractivity contribution in [1.29, 1.82) is 0 Å². The van der Waals surface area contributed by atoms with Crippen LogP contribution in [0.5, 0.6) is 0 Å². The number of nitrogens with two attached hydrogens (primary N) is 1. The maximum Gasteiger partial charge on any atom is 0.255 e. The molecule has 0 saturated carbocycles. The molecule has 1 aliphatic heterocycles. The Morgan fingerprint density at radius 3 is 2.89 bits per heavy atom. The van der Waals surface area contributed by atoms with Crippen molar-refractivity contribution in [2.75, 3.05) is 19.3 Å². The Kier molecular flexibility index (Phi) is 4.76. The Balaban J connectivity index is 2.20. The van der Waals surface area contributed by atoms with Crippen molar-refractivity contribution in [3.05, 3.63) is 28.8 Å². The first-order chi connectivity index (χ1) is 9.02. The van der Waals surface area contributed by atoms with Gasteiger partial charge in [-0.25, -0.2) is 0 Å². The van der Waals surface area contributed by atoms with Gasteiger partial charge in [0.25, 0.3) is 5.91 Å². The fourth-order valence-corrected chi connectivity index (χ4v) is 2.89. The summed E-state index contributed by atoms with van der Waals surface area (Å²) in [5.41, 5.74) is 6.63. The SMILES string of the molecule is CSc1ccc(Cl)c(C(=O)N2CCC(C)C(N)C2)c1. The number of nitrogens with zero attached hydrogens (tertiary/aromatic N) is 1. The van der Waals surface area contributed by atoms with Crippen molar-refractivity contribution in [3.8, 4) is 0 Å². The second-order valence-electron chi connectivity index (χ2n) is 5.03. The number of hydrogen-bond acceptors (Lipinski definition) is 3. The molecule has 19 heavy (non-hydrogen) atoms. The minimum atomic E-state index is -0.0109. The Morgan fingerprint density at radius 1 is 1.53 bits per heavy atom. The third kappa shape index (κ3) is 3.25. The number of benzene rings is 1. The summed E-state index contributed by atoms with van der Waals surface area (Å²) < 4.78 is 0. The molecule has 0 radical (unpaired) electrons. The standard InChI is InChI=1S/C14H19ClN2OS/c1-9-5-6-17(8-13(9)16)14(18)11-7-10(19-2)3-4-12(11)15/h3-4,7,9,13H,5-6,8,16H2,1-2H3. The smallest absolute Gasteiger partial charge is 0.255 e. The number of halogens is 1. The fraction of sp³-hybridized carbons (Fsp3) is 0.500. The highest BCUT2D eigenvalue weighted by atomic mass is 35.5. The zero-order valence-electron chi connectivity index (χ0n) is 11.2. The highest BCUT2D eigenvalue weighted by Crippen LogP contribution is 2.26. The van der Waals surface area contributed by atoms with Gasteiger partial charge in [0.1, 0.15) is 0 Å². The third-order valence-electron chi connectivity index (χ3n) is 3.71. The number of hydrogen-bond donors (Lipinski definition) is 1. The van der Waals surface area contributed by atoms with Crippen molar-refractivity contribution >= 4 is 29.3 Å². The van der Waals surface area contributed by atoms with Crippen LogP contribution < -0.4 is 5.73 Å². The maximum absolute atomic E-state index is 12.5. The van der Waals surface area contributed by atoms with Crippen LogP contribution in [0.2, 0.25) is 5.02 Å². The number of rotatable bonds is 2. The monoisotopic (exact) mass is 298 g/mol. The van der Waals surface area contributed by atoms with Crippen LogP contribution in [-0.2, 0) is 0 Å². The van der Waals surface area contributed by atoms with Crippen molar-refractivity contribution in [2.24, 2.45) is 11.7 Å². The normalized spacial score (nSPS) is 23.5. The van der Waals surface area contributed by atoms with Gasteiger partial charge in [-0.3, -0.25) is 4.79 Å². The lowest BCUT2D eigenvalue weighted by molar-refractivity contribution is 0.0672. The maximum atomic E-state index is 12.5. The van der Waals surface area contributed by atoms with Gasteiger partial charge in [-0.05, 0) is 36.8 Å². The minimum absolute atomic E-state index is 0.0109. The molecule has 0 bridgehead atoms. The molecule has 1 saturated heterocycles. The van der Waals surface area contributed by atoms with Crippen LogP contribution in [0.3, 0.4) is 0 Å². The molecule has 0 spiro atoms. The third-order valence-corrected chi connectivity index (χ3v) is 4.76. The van der Waals surface area contributed by atoms with Gasteiger partial charge in [0.2, 0.25) is 0 Å². The van der Waals surface area contributed by atoms with Gasteiger partial charge in [0.15, 0.2) is 0 Å². The second kappa shape index (κ2) is 6.16. The molecular formula is C14H19ClN2OS. The lowest BCUT2D eigenvalue weighted by Crippen LogP contribution is -2.49. The number of thioether (sulfide) groups is 1. The molecule has 1 aromatic carbocycles. The van der Waals surface area contributed by atoms with E-state index in [4.69, 9.17) is 17.3 Å². The number of amides is 1. The topological polar surface area (TPSA) is 46.3 Å². The molecule has 0 aliphatic carbocycles. The van der Waals surface area contributed by atoms with E-state index in [1.165, 1.54) is 0 Å². The Hall–Kier alpha value is -0.710. The molecule has 1 aliphatic rings. The highest BCUT2D eigenvalue weighted by Gasteiger charge is 2.27. The second-order valence-corrected chi connectivity index (χ2v) is 6.31. The minimum Gasteiger partial charge on any atom is -0.337 e. The van der Waals surface area contributed by atoms with Gasteiger partial charge in [-0.2, -0.15) is 0 Å². The molecule has 2 unspecified atom stereocenters. The van der Waals surface area contributed by atoms with Crippen LogP contribution >= 0.6 is 23.4 Å². The molecule has 2 atom stereocenters. The quantitative estimate of drug-likeness (QED) is 0.854. The Morgan fingerprint density at radius 2 is 2.26 bits per heavy atom. The summed E-state index contributed by atoms with van der Waals surface area (Å²) in [7, 11) is 0. The van der Waals surface area contributed by atoms with Gasteiger partial charge in [-0.15, -0.1) is 11.8 Å². The first-order valence-electron chi connectivity index (χ1n) is 6.41. The molecule has 1 fully saturated rings. The molecule has 0 aromatic heterocycles. The number of carbonyl (C=O) groups excluding carboxylic acids is 1.